The maximum Gasteiger partial charge on any atom is 0.303 e. The molecule has 0 saturated heterocycles. The zero-order valence-electron chi connectivity index (χ0n) is 25.9. The topological polar surface area (TPSA) is 186 Å². The first-order valence-corrected chi connectivity index (χ1v) is 13.6. The molecule has 1 fully saturated rings. The van der Waals surface area contributed by atoms with E-state index >= 15 is 0 Å². The number of hydrogen-bond donors (Lipinski definition) is 1. The predicted octanol–water partition coefficient (Wildman–Crippen LogP) is 1.71. The Morgan fingerprint density at radius 2 is 1.23 bits per heavy atom. The van der Waals surface area contributed by atoms with Crippen LogP contribution in [0.4, 0.5) is 0 Å². The Morgan fingerprint density at radius 1 is 0.767 bits per heavy atom. The smallest absolute Gasteiger partial charge is 0.303 e. The molecule has 0 heterocycles. The molecular formula is C30H40O13. The third kappa shape index (κ3) is 7.56. The summed E-state index contributed by atoms with van der Waals surface area (Å²) in [7, 11) is 0. The number of esters is 5. The van der Waals surface area contributed by atoms with Gasteiger partial charge >= 0.3 is 29.8 Å². The number of carbonyl (C=O) groups is 7. The summed E-state index contributed by atoms with van der Waals surface area (Å²) in [6.07, 6.45) is -4.94. The van der Waals surface area contributed by atoms with Crippen molar-refractivity contribution >= 4 is 41.4 Å². The fraction of sp³-hybridized carbons (Fsp3) is 0.633. The second kappa shape index (κ2) is 12.8. The third-order valence-corrected chi connectivity index (χ3v) is 7.45. The maximum absolute atomic E-state index is 14.3. The van der Waals surface area contributed by atoms with Crippen LogP contribution in [0.3, 0.4) is 0 Å². The minimum absolute atomic E-state index is 0.373. The lowest BCUT2D eigenvalue weighted by molar-refractivity contribution is -0.188. The number of fused-ring (bicyclic) bond motifs is 1. The van der Waals surface area contributed by atoms with Crippen molar-refractivity contribution in [3.63, 3.8) is 0 Å². The lowest BCUT2D eigenvalue weighted by Gasteiger charge is -2.42. The lowest BCUT2D eigenvalue weighted by atomic mass is 9.72. The van der Waals surface area contributed by atoms with Gasteiger partial charge in [0.2, 0.25) is 6.10 Å². The van der Waals surface area contributed by atoms with Gasteiger partial charge in [-0.1, -0.05) is 25.7 Å². The van der Waals surface area contributed by atoms with Gasteiger partial charge in [-0.15, -0.1) is 0 Å². The van der Waals surface area contributed by atoms with Crippen molar-refractivity contribution in [3.05, 3.63) is 24.3 Å². The number of ether oxygens (including phenoxy) is 5. The van der Waals surface area contributed by atoms with E-state index in [1.165, 1.54) is 39.8 Å². The zero-order valence-corrected chi connectivity index (χ0v) is 25.9. The monoisotopic (exact) mass is 608 g/mol. The number of carbonyl (C=O) groups excluding carboxylic acids is 7. The summed E-state index contributed by atoms with van der Waals surface area (Å²) in [6, 6.07) is 0. The Labute approximate surface area is 249 Å². The van der Waals surface area contributed by atoms with Crippen molar-refractivity contribution < 1.29 is 62.4 Å². The molecule has 0 spiro atoms. The van der Waals surface area contributed by atoms with Crippen LogP contribution in [0.2, 0.25) is 0 Å². The van der Waals surface area contributed by atoms with Gasteiger partial charge in [0.25, 0.3) is 0 Å². The molecule has 1 saturated carbocycles. The van der Waals surface area contributed by atoms with Crippen LogP contribution in [-0.4, -0.2) is 82.1 Å². The van der Waals surface area contributed by atoms with E-state index in [0.717, 1.165) is 34.6 Å². The normalized spacial score (nSPS) is 34.9. The van der Waals surface area contributed by atoms with Crippen molar-refractivity contribution in [1.82, 2.24) is 0 Å². The van der Waals surface area contributed by atoms with E-state index in [1.807, 2.05) is 0 Å². The van der Waals surface area contributed by atoms with E-state index in [4.69, 9.17) is 23.7 Å². The lowest BCUT2D eigenvalue weighted by Crippen LogP contribution is -2.58. The molecule has 0 radical (unpaired) electrons. The molecule has 1 N–H and O–H groups in total. The quantitative estimate of drug-likeness (QED) is 0.270. The molecule has 0 amide bonds. The van der Waals surface area contributed by atoms with Gasteiger partial charge in [-0.2, -0.15) is 0 Å². The molecule has 2 aliphatic rings. The average Bonchev–Trinajstić information content (AvgIpc) is 3.06. The van der Waals surface area contributed by atoms with Gasteiger partial charge in [-0.05, 0) is 20.8 Å². The van der Waals surface area contributed by atoms with Crippen molar-refractivity contribution in [2.24, 2.45) is 17.3 Å². The molecule has 2 aliphatic carbocycles. The molecule has 0 aromatic heterocycles. The fourth-order valence-electron chi connectivity index (χ4n) is 5.80. The molecular weight excluding hydrogens is 568 g/mol. The summed E-state index contributed by atoms with van der Waals surface area (Å²) in [4.78, 5) is 90.2. The maximum atomic E-state index is 14.3. The second-order valence-electron chi connectivity index (χ2n) is 11.8. The fourth-order valence-corrected chi connectivity index (χ4v) is 5.80. The number of ketones is 2. The molecule has 8 atom stereocenters. The first-order chi connectivity index (χ1) is 19.6. The summed E-state index contributed by atoms with van der Waals surface area (Å²) in [5.74, 6) is -8.94. The number of aliphatic hydroxyl groups is 1. The van der Waals surface area contributed by atoms with Crippen LogP contribution in [0.5, 0.6) is 0 Å². The summed E-state index contributed by atoms with van der Waals surface area (Å²) in [5.41, 5.74) is -6.15. The molecule has 13 nitrogen and oxygen atoms in total. The first kappa shape index (κ1) is 35.3. The van der Waals surface area contributed by atoms with Crippen LogP contribution in [0.1, 0.15) is 68.7 Å². The number of allylic oxidation sites excluding steroid dienone is 2. The molecule has 43 heavy (non-hydrogen) atoms. The van der Waals surface area contributed by atoms with E-state index in [0.29, 0.717) is 0 Å². The number of hydrogen-bond acceptors (Lipinski definition) is 13. The largest absolute Gasteiger partial charge is 0.459 e. The Kier molecular flexibility index (Phi) is 10.5. The van der Waals surface area contributed by atoms with Gasteiger partial charge in [0.05, 0.1) is 5.92 Å². The summed E-state index contributed by atoms with van der Waals surface area (Å²) < 4.78 is 27.7. The summed E-state index contributed by atoms with van der Waals surface area (Å²) >= 11 is 0. The molecule has 0 aromatic rings. The van der Waals surface area contributed by atoms with Crippen LogP contribution in [0, 0.1) is 17.3 Å². The van der Waals surface area contributed by atoms with E-state index in [-0.39, 0.29) is 5.57 Å². The van der Waals surface area contributed by atoms with Crippen molar-refractivity contribution in [2.45, 2.75) is 104 Å². The standard InChI is InChI=1S/C30H40O13/c1-14-11-12-28(8,9)26(37)24(41-18(5)33)23(40-17(4)32)15(2)22(39-16(3)31)21-27(42-19(6)34)29(10,38)13-30(21,25(14)36)43-20(7)35/h11-12,14,21-24,27,38H,2,13H2,1,3-10H3/b12-11+/t14-,21+,22?,23?,24?,27?,29-,30?/m1/s1. The Bertz CT molecular complexity index is 1240. The highest BCUT2D eigenvalue weighted by molar-refractivity contribution is 5.95. The van der Waals surface area contributed by atoms with Crippen LogP contribution in [-0.2, 0) is 57.2 Å². The van der Waals surface area contributed by atoms with E-state index in [9.17, 15) is 38.7 Å². The van der Waals surface area contributed by atoms with Gasteiger partial charge in [0.1, 0.15) is 17.8 Å². The summed E-state index contributed by atoms with van der Waals surface area (Å²) in [6.45, 7) is 14.7. The van der Waals surface area contributed by atoms with Gasteiger partial charge in [-0.3, -0.25) is 33.6 Å². The Hall–Kier alpha value is -3.87. The highest BCUT2D eigenvalue weighted by atomic mass is 16.6. The third-order valence-electron chi connectivity index (χ3n) is 7.45. The molecule has 5 unspecified atom stereocenters. The van der Waals surface area contributed by atoms with Crippen LogP contribution in [0.25, 0.3) is 0 Å². The van der Waals surface area contributed by atoms with Gasteiger partial charge in [0, 0.05) is 57.9 Å². The summed E-state index contributed by atoms with van der Waals surface area (Å²) in [5, 5.41) is 11.6. The molecule has 0 aliphatic heterocycles. The molecule has 2 rings (SSSR count). The van der Waals surface area contributed by atoms with E-state index < -0.39 is 101 Å². The highest BCUT2D eigenvalue weighted by Gasteiger charge is 2.70. The molecule has 0 aromatic carbocycles. The molecule has 238 valence electrons. The van der Waals surface area contributed by atoms with Crippen molar-refractivity contribution in [1.29, 1.82) is 0 Å². The molecule has 13 heteroatoms. The van der Waals surface area contributed by atoms with Crippen molar-refractivity contribution in [3.8, 4) is 0 Å². The van der Waals surface area contributed by atoms with Crippen molar-refractivity contribution in [2.75, 3.05) is 0 Å². The number of Topliss-reactive ketones (excluding diaryl/α,β-unsaturated/α-hetero) is 2. The van der Waals surface area contributed by atoms with Gasteiger partial charge in [-0.25, -0.2) is 0 Å². The number of rotatable bonds is 5. The first-order valence-electron chi connectivity index (χ1n) is 13.6. The van der Waals surface area contributed by atoms with E-state index in [2.05, 4.69) is 6.58 Å². The van der Waals surface area contributed by atoms with Crippen LogP contribution >= 0.6 is 0 Å². The average molecular weight is 609 g/mol. The second-order valence-corrected chi connectivity index (χ2v) is 11.8. The van der Waals surface area contributed by atoms with Gasteiger partial charge in [0.15, 0.2) is 23.3 Å². The SMILES string of the molecule is C=C1C(OC(C)=O)C(OC(C)=O)C(=O)C(C)(C)/C=C/[C@@H](C)C(=O)C2(OC(C)=O)C[C@@](C)(O)C(OC(C)=O)[C@@H]2C1OC(C)=O. The molecule has 0 bridgehead atoms. The minimum atomic E-state index is -2.30. The minimum Gasteiger partial charge on any atom is -0.459 e. The Morgan fingerprint density at radius 3 is 1.70 bits per heavy atom. The van der Waals surface area contributed by atoms with Crippen LogP contribution in [0.15, 0.2) is 24.3 Å². The Balaban J connectivity index is 3.13. The van der Waals surface area contributed by atoms with E-state index in [1.54, 1.807) is 0 Å². The van der Waals surface area contributed by atoms with Gasteiger partial charge < -0.3 is 28.8 Å². The highest BCUT2D eigenvalue weighted by Crippen LogP contribution is 2.52. The predicted molar refractivity (Wildman–Crippen MR) is 147 cm³/mol. The van der Waals surface area contributed by atoms with Crippen LogP contribution < -0.4 is 0 Å². The zero-order chi connectivity index (χ0) is 33.2.